The minimum Gasteiger partial charge on any atom is -0.312 e. The number of thiocarbonyl (C=S) groups is 1. The van der Waals surface area contributed by atoms with E-state index in [1.165, 1.54) is 6.33 Å². The molecular weight excluding hydrogens is 138 g/mol. The largest absolute Gasteiger partial charge is 0.312 e. The SMILES string of the molecule is NNC(=S)c1ncn[nH]1. The van der Waals surface area contributed by atoms with Gasteiger partial charge in [0.1, 0.15) is 6.33 Å². The van der Waals surface area contributed by atoms with Crippen LogP contribution >= 0.6 is 12.2 Å². The molecule has 0 unspecified atom stereocenters. The molecule has 1 aromatic rings. The van der Waals surface area contributed by atoms with E-state index in [4.69, 9.17) is 18.1 Å². The summed E-state index contributed by atoms with van der Waals surface area (Å²) >= 11 is 4.71. The van der Waals surface area contributed by atoms with Gasteiger partial charge in [-0.2, -0.15) is 5.10 Å². The quantitative estimate of drug-likeness (QED) is 0.265. The number of aromatic amines is 1. The summed E-state index contributed by atoms with van der Waals surface area (Å²) in [5.41, 5.74) is 2.27. The van der Waals surface area contributed by atoms with Crippen molar-refractivity contribution in [2.75, 3.05) is 0 Å². The third-order valence-corrected chi connectivity index (χ3v) is 1.07. The van der Waals surface area contributed by atoms with Crippen molar-refractivity contribution in [1.29, 1.82) is 0 Å². The first kappa shape index (κ1) is 6.12. The van der Waals surface area contributed by atoms with Gasteiger partial charge in [-0.25, -0.2) is 10.8 Å². The number of hydrogen-bond acceptors (Lipinski definition) is 4. The Bertz CT molecular complexity index is 192. The van der Waals surface area contributed by atoms with Gasteiger partial charge in [0.05, 0.1) is 0 Å². The maximum atomic E-state index is 4.98. The number of H-pyrrole nitrogens is 1. The van der Waals surface area contributed by atoms with Crippen LogP contribution in [0.2, 0.25) is 0 Å². The van der Waals surface area contributed by atoms with Crippen molar-refractivity contribution in [3.63, 3.8) is 0 Å². The van der Waals surface area contributed by atoms with Crippen molar-refractivity contribution >= 4 is 17.2 Å². The highest BCUT2D eigenvalue weighted by molar-refractivity contribution is 7.80. The molecule has 0 aliphatic rings. The molecule has 0 radical (unpaired) electrons. The zero-order chi connectivity index (χ0) is 6.69. The lowest BCUT2D eigenvalue weighted by Crippen LogP contribution is -2.29. The summed E-state index contributed by atoms with van der Waals surface area (Å²) < 4.78 is 0. The molecule has 9 heavy (non-hydrogen) atoms. The Labute approximate surface area is 56.6 Å². The van der Waals surface area contributed by atoms with Crippen molar-refractivity contribution in [1.82, 2.24) is 20.6 Å². The Morgan fingerprint density at radius 3 is 3.11 bits per heavy atom. The highest BCUT2D eigenvalue weighted by atomic mass is 32.1. The first-order valence-corrected chi connectivity index (χ1v) is 2.61. The first-order valence-electron chi connectivity index (χ1n) is 2.21. The average Bonchev–Trinajstić information content (AvgIpc) is 2.37. The van der Waals surface area contributed by atoms with Gasteiger partial charge in [-0.3, -0.25) is 5.10 Å². The summed E-state index contributed by atoms with van der Waals surface area (Å²) in [6.45, 7) is 0. The van der Waals surface area contributed by atoms with Crippen molar-refractivity contribution in [2.45, 2.75) is 0 Å². The highest BCUT2D eigenvalue weighted by Gasteiger charge is 1.98. The zero-order valence-electron chi connectivity index (χ0n) is 4.46. The van der Waals surface area contributed by atoms with Gasteiger partial charge in [0.2, 0.25) is 0 Å². The van der Waals surface area contributed by atoms with Crippen LogP contribution in [0.3, 0.4) is 0 Å². The molecule has 0 aromatic carbocycles. The molecule has 1 heterocycles. The molecule has 0 bridgehead atoms. The van der Waals surface area contributed by atoms with Gasteiger partial charge in [-0.1, -0.05) is 12.2 Å². The standard InChI is InChI=1S/C3H5N5S/c4-7-3(9)2-5-1-6-8-2/h1H,4H2,(H,7,9)(H,5,6,8). The lowest BCUT2D eigenvalue weighted by Gasteiger charge is -1.93. The van der Waals surface area contributed by atoms with Crippen LogP contribution in [0.5, 0.6) is 0 Å². The van der Waals surface area contributed by atoms with Crippen LogP contribution in [0.4, 0.5) is 0 Å². The van der Waals surface area contributed by atoms with E-state index in [1.54, 1.807) is 0 Å². The fraction of sp³-hybridized carbons (Fsp3) is 0. The molecule has 6 heteroatoms. The minimum absolute atomic E-state index is 0.354. The van der Waals surface area contributed by atoms with Crippen LogP contribution < -0.4 is 11.3 Å². The van der Waals surface area contributed by atoms with Gasteiger partial charge in [-0.15, -0.1) is 0 Å². The Balaban J connectivity index is 2.77. The van der Waals surface area contributed by atoms with Crippen LogP contribution in [0, 0.1) is 0 Å². The summed E-state index contributed by atoms with van der Waals surface area (Å²) in [5, 5.41) is 6.12. The predicted molar refractivity (Wildman–Crippen MR) is 35.4 cm³/mol. The molecule has 0 saturated heterocycles. The van der Waals surface area contributed by atoms with Crippen LogP contribution in [-0.4, -0.2) is 20.2 Å². The van der Waals surface area contributed by atoms with Crippen LogP contribution in [-0.2, 0) is 0 Å². The molecule has 4 N–H and O–H groups in total. The van der Waals surface area contributed by atoms with Gasteiger partial charge >= 0.3 is 0 Å². The number of nitrogens with one attached hydrogen (secondary N) is 2. The Morgan fingerprint density at radius 1 is 1.89 bits per heavy atom. The summed E-state index contributed by atoms with van der Waals surface area (Å²) in [5.74, 6) is 5.46. The van der Waals surface area contributed by atoms with E-state index >= 15 is 0 Å². The number of hydrogen-bond donors (Lipinski definition) is 3. The first-order chi connectivity index (χ1) is 4.34. The zero-order valence-corrected chi connectivity index (χ0v) is 5.27. The number of aromatic nitrogens is 3. The topological polar surface area (TPSA) is 79.6 Å². The van der Waals surface area contributed by atoms with E-state index in [0.29, 0.717) is 10.8 Å². The van der Waals surface area contributed by atoms with Gasteiger partial charge in [-0.05, 0) is 0 Å². The van der Waals surface area contributed by atoms with E-state index in [9.17, 15) is 0 Å². The molecule has 0 saturated carbocycles. The highest BCUT2D eigenvalue weighted by Crippen LogP contribution is 1.83. The van der Waals surface area contributed by atoms with E-state index in [1.807, 2.05) is 0 Å². The molecular formula is C3H5N5S. The second-order valence-corrected chi connectivity index (χ2v) is 1.72. The Morgan fingerprint density at radius 2 is 2.67 bits per heavy atom. The van der Waals surface area contributed by atoms with E-state index in [0.717, 1.165) is 0 Å². The Hall–Kier alpha value is -1.01. The van der Waals surface area contributed by atoms with Crippen LogP contribution in [0.1, 0.15) is 5.82 Å². The van der Waals surface area contributed by atoms with E-state index in [2.05, 4.69) is 20.6 Å². The maximum Gasteiger partial charge on any atom is 0.184 e. The van der Waals surface area contributed by atoms with Crippen molar-refractivity contribution in [2.24, 2.45) is 5.84 Å². The number of rotatable bonds is 1. The average molecular weight is 143 g/mol. The predicted octanol–water partition coefficient (Wildman–Crippen LogP) is -1.06. The molecule has 1 aromatic heterocycles. The summed E-state index contributed by atoms with van der Waals surface area (Å²) in [6, 6.07) is 0. The number of nitrogens with two attached hydrogens (primary N) is 1. The van der Waals surface area contributed by atoms with Crippen molar-refractivity contribution in [3.05, 3.63) is 12.2 Å². The lowest BCUT2D eigenvalue weighted by atomic mass is 10.6. The fourth-order valence-electron chi connectivity index (χ4n) is 0.383. The molecule has 5 nitrogen and oxygen atoms in total. The lowest BCUT2D eigenvalue weighted by molar-refractivity contribution is 1.01. The van der Waals surface area contributed by atoms with Crippen molar-refractivity contribution in [3.8, 4) is 0 Å². The van der Waals surface area contributed by atoms with Gasteiger partial charge in [0.15, 0.2) is 10.8 Å². The molecule has 0 aliphatic heterocycles. The molecule has 0 atom stereocenters. The molecule has 1 rings (SSSR count). The number of nitrogens with zero attached hydrogens (tertiary/aromatic N) is 2. The normalized spacial score (nSPS) is 9.00. The summed E-state index contributed by atoms with van der Waals surface area (Å²) in [7, 11) is 0. The van der Waals surface area contributed by atoms with Gasteiger partial charge in [0, 0.05) is 0 Å². The second-order valence-electron chi connectivity index (χ2n) is 1.31. The third-order valence-electron chi connectivity index (χ3n) is 0.761. The summed E-state index contributed by atoms with van der Waals surface area (Å²) in [6.07, 6.45) is 1.36. The molecule has 0 spiro atoms. The van der Waals surface area contributed by atoms with Crippen molar-refractivity contribution < 1.29 is 0 Å². The molecule has 0 aliphatic carbocycles. The van der Waals surface area contributed by atoms with Crippen LogP contribution in [0.25, 0.3) is 0 Å². The van der Waals surface area contributed by atoms with Gasteiger partial charge in [0.25, 0.3) is 0 Å². The maximum absolute atomic E-state index is 4.98. The fourth-order valence-corrected chi connectivity index (χ4v) is 0.482. The third kappa shape index (κ3) is 1.21. The summed E-state index contributed by atoms with van der Waals surface area (Å²) in [4.78, 5) is 4.09. The second kappa shape index (κ2) is 2.51. The number of hydrazine groups is 1. The molecule has 0 amide bonds. The van der Waals surface area contributed by atoms with Crippen LogP contribution in [0.15, 0.2) is 6.33 Å². The Kier molecular flexibility index (Phi) is 1.71. The van der Waals surface area contributed by atoms with E-state index in [-0.39, 0.29) is 0 Å². The van der Waals surface area contributed by atoms with Gasteiger partial charge < -0.3 is 5.43 Å². The minimum atomic E-state index is 0.354. The molecule has 48 valence electrons. The smallest absolute Gasteiger partial charge is 0.184 e. The monoisotopic (exact) mass is 143 g/mol. The van der Waals surface area contributed by atoms with E-state index < -0.39 is 0 Å². The molecule has 0 fully saturated rings.